The van der Waals surface area contributed by atoms with Crippen molar-refractivity contribution in [2.75, 3.05) is 19.7 Å². The van der Waals surface area contributed by atoms with E-state index < -0.39 is 0 Å². The minimum absolute atomic E-state index is 0.000981. The van der Waals surface area contributed by atoms with Gasteiger partial charge in [0, 0.05) is 25.6 Å². The first-order valence-electron chi connectivity index (χ1n) is 6.55. The van der Waals surface area contributed by atoms with Crippen LogP contribution in [0.2, 0.25) is 0 Å². The van der Waals surface area contributed by atoms with Crippen molar-refractivity contribution >= 4 is 11.8 Å². The average molecular weight is 278 g/mol. The van der Waals surface area contributed by atoms with Crippen LogP contribution in [0.3, 0.4) is 0 Å². The molecule has 6 heteroatoms. The summed E-state index contributed by atoms with van der Waals surface area (Å²) >= 11 is 0. The number of para-hydroxylation sites is 2. The lowest BCUT2D eigenvalue weighted by Gasteiger charge is -2.26. The molecule has 0 radical (unpaired) electrons. The second kappa shape index (κ2) is 6.27. The molecule has 0 bridgehead atoms. The van der Waals surface area contributed by atoms with Crippen molar-refractivity contribution in [2.45, 2.75) is 19.4 Å². The lowest BCUT2D eigenvalue weighted by molar-refractivity contribution is -0.135. The number of phenols is 1. The zero-order valence-electron chi connectivity index (χ0n) is 11.3. The van der Waals surface area contributed by atoms with Crippen LogP contribution >= 0.6 is 0 Å². The average Bonchev–Trinajstić information content (AvgIpc) is 2.58. The maximum absolute atomic E-state index is 12.1. The molecule has 1 aromatic carbocycles. The molecule has 1 saturated heterocycles. The lowest BCUT2D eigenvalue weighted by atomic mass is 10.2. The normalized spacial score (nSPS) is 19.1. The maximum Gasteiger partial charge on any atom is 0.260 e. The number of amides is 2. The van der Waals surface area contributed by atoms with E-state index in [-0.39, 0.29) is 36.0 Å². The molecule has 1 unspecified atom stereocenters. The fourth-order valence-electron chi connectivity index (χ4n) is 2.16. The molecule has 1 aromatic rings. The molecular formula is C14H18N2O4. The Morgan fingerprint density at radius 3 is 3.00 bits per heavy atom. The Morgan fingerprint density at radius 2 is 2.25 bits per heavy atom. The molecule has 108 valence electrons. The Hall–Kier alpha value is -2.24. The van der Waals surface area contributed by atoms with Crippen LogP contribution in [0.5, 0.6) is 11.5 Å². The fraction of sp³-hybridized carbons (Fsp3) is 0.429. The molecule has 1 atom stereocenters. The zero-order valence-corrected chi connectivity index (χ0v) is 11.3. The molecule has 0 spiro atoms. The van der Waals surface area contributed by atoms with E-state index in [0.717, 1.165) is 0 Å². The van der Waals surface area contributed by atoms with Gasteiger partial charge in [0.1, 0.15) is 0 Å². The van der Waals surface area contributed by atoms with Gasteiger partial charge in [-0.1, -0.05) is 12.1 Å². The summed E-state index contributed by atoms with van der Waals surface area (Å²) in [5.41, 5.74) is 0. The molecule has 6 nitrogen and oxygen atoms in total. The van der Waals surface area contributed by atoms with Crippen molar-refractivity contribution in [3.63, 3.8) is 0 Å². The van der Waals surface area contributed by atoms with Crippen molar-refractivity contribution in [2.24, 2.45) is 0 Å². The van der Waals surface area contributed by atoms with Crippen molar-refractivity contribution in [1.82, 2.24) is 10.2 Å². The first kappa shape index (κ1) is 14.2. The van der Waals surface area contributed by atoms with Gasteiger partial charge in [-0.15, -0.1) is 0 Å². The van der Waals surface area contributed by atoms with Crippen LogP contribution in [-0.4, -0.2) is 47.6 Å². The van der Waals surface area contributed by atoms with Crippen LogP contribution in [0.25, 0.3) is 0 Å². The summed E-state index contributed by atoms with van der Waals surface area (Å²) in [5.74, 6) is 0.0326. The van der Waals surface area contributed by atoms with E-state index in [9.17, 15) is 14.7 Å². The van der Waals surface area contributed by atoms with E-state index >= 15 is 0 Å². The largest absolute Gasteiger partial charge is 0.504 e. The van der Waals surface area contributed by atoms with Gasteiger partial charge in [0.2, 0.25) is 5.91 Å². The highest BCUT2D eigenvalue weighted by atomic mass is 16.5. The maximum atomic E-state index is 12.1. The van der Waals surface area contributed by atoms with Gasteiger partial charge in [-0.25, -0.2) is 0 Å². The third-order valence-electron chi connectivity index (χ3n) is 3.22. The Bertz CT molecular complexity index is 504. The van der Waals surface area contributed by atoms with Crippen LogP contribution in [0.15, 0.2) is 24.3 Å². The molecule has 1 fully saturated rings. The Balaban J connectivity index is 1.94. The smallest absolute Gasteiger partial charge is 0.260 e. The van der Waals surface area contributed by atoms with E-state index in [0.29, 0.717) is 19.5 Å². The van der Waals surface area contributed by atoms with Crippen molar-refractivity contribution < 1.29 is 19.4 Å². The molecule has 0 saturated carbocycles. The molecule has 1 aliphatic rings. The Labute approximate surface area is 117 Å². The summed E-state index contributed by atoms with van der Waals surface area (Å²) in [4.78, 5) is 25.1. The number of hydrogen-bond donors (Lipinski definition) is 2. The number of hydrogen-bond acceptors (Lipinski definition) is 4. The van der Waals surface area contributed by atoms with Gasteiger partial charge in [-0.05, 0) is 19.1 Å². The second-order valence-electron chi connectivity index (χ2n) is 4.75. The number of carbonyl (C=O) groups is 2. The zero-order chi connectivity index (χ0) is 14.5. The van der Waals surface area contributed by atoms with Gasteiger partial charge in [0.15, 0.2) is 18.1 Å². The molecule has 2 N–H and O–H groups in total. The molecule has 0 aliphatic carbocycles. The summed E-state index contributed by atoms with van der Waals surface area (Å²) in [5, 5.41) is 12.3. The number of rotatable bonds is 3. The summed E-state index contributed by atoms with van der Waals surface area (Å²) < 4.78 is 5.32. The summed E-state index contributed by atoms with van der Waals surface area (Å²) in [7, 11) is 0. The van der Waals surface area contributed by atoms with Crippen molar-refractivity contribution in [3.05, 3.63) is 24.3 Å². The topological polar surface area (TPSA) is 78.9 Å². The highest BCUT2D eigenvalue weighted by Crippen LogP contribution is 2.24. The van der Waals surface area contributed by atoms with Crippen LogP contribution in [-0.2, 0) is 9.59 Å². The van der Waals surface area contributed by atoms with Crippen LogP contribution in [0.4, 0.5) is 0 Å². The Kier molecular flexibility index (Phi) is 4.45. The third kappa shape index (κ3) is 3.40. The van der Waals surface area contributed by atoms with E-state index in [1.165, 1.54) is 6.07 Å². The van der Waals surface area contributed by atoms with Gasteiger partial charge in [-0.3, -0.25) is 9.59 Å². The quantitative estimate of drug-likeness (QED) is 0.844. The molecule has 1 heterocycles. The highest BCUT2D eigenvalue weighted by Gasteiger charge is 2.25. The second-order valence-corrected chi connectivity index (χ2v) is 4.75. The van der Waals surface area contributed by atoms with Gasteiger partial charge >= 0.3 is 0 Å². The van der Waals surface area contributed by atoms with E-state index in [1.807, 2.05) is 6.92 Å². The van der Waals surface area contributed by atoms with Crippen LogP contribution in [0, 0.1) is 0 Å². The van der Waals surface area contributed by atoms with Gasteiger partial charge in [0.25, 0.3) is 5.91 Å². The molecule has 20 heavy (non-hydrogen) atoms. The highest BCUT2D eigenvalue weighted by molar-refractivity contribution is 5.81. The number of carbonyl (C=O) groups excluding carboxylic acids is 2. The van der Waals surface area contributed by atoms with Gasteiger partial charge < -0.3 is 20.1 Å². The number of ether oxygens (including phenoxy) is 1. The van der Waals surface area contributed by atoms with E-state index in [4.69, 9.17) is 4.74 Å². The fourth-order valence-corrected chi connectivity index (χ4v) is 2.16. The monoisotopic (exact) mass is 278 g/mol. The van der Waals surface area contributed by atoms with Gasteiger partial charge in [-0.2, -0.15) is 0 Å². The Morgan fingerprint density at radius 1 is 1.50 bits per heavy atom. The molecule has 2 amide bonds. The molecule has 0 aromatic heterocycles. The number of nitrogens with zero attached hydrogens (tertiary/aromatic N) is 1. The molecular weight excluding hydrogens is 260 g/mol. The minimum Gasteiger partial charge on any atom is -0.504 e. The van der Waals surface area contributed by atoms with E-state index in [2.05, 4.69) is 5.32 Å². The predicted molar refractivity (Wildman–Crippen MR) is 72.4 cm³/mol. The summed E-state index contributed by atoms with van der Waals surface area (Å²) in [6.45, 7) is 2.60. The van der Waals surface area contributed by atoms with Crippen LogP contribution in [0.1, 0.15) is 13.3 Å². The van der Waals surface area contributed by atoms with Crippen LogP contribution < -0.4 is 10.1 Å². The summed E-state index contributed by atoms with van der Waals surface area (Å²) in [6, 6.07) is 6.34. The molecule has 2 rings (SSSR count). The SMILES string of the molecule is CC1CC(=O)NCCN1C(=O)COc1ccccc1O. The standard InChI is InChI=1S/C14H18N2O4/c1-10-8-13(18)15-6-7-16(10)14(19)9-20-12-5-3-2-4-11(12)17/h2-5,10,17H,6-9H2,1H3,(H,15,18). The lowest BCUT2D eigenvalue weighted by Crippen LogP contribution is -2.42. The van der Waals surface area contributed by atoms with Crippen molar-refractivity contribution in [3.8, 4) is 11.5 Å². The number of benzene rings is 1. The first-order chi connectivity index (χ1) is 9.58. The number of aromatic hydroxyl groups is 1. The van der Waals surface area contributed by atoms with Gasteiger partial charge in [0.05, 0.1) is 0 Å². The predicted octanol–water partition coefficient (Wildman–Crippen LogP) is 0.508. The van der Waals surface area contributed by atoms with E-state index in [1.54, 1.807) is 23.1 Å². The summed E-state index contributed by atoms with van der Waals surface area (Å²) in [6.07, 6.45) is 0.294. The first-order valence-corrected chi connectivity index (χ1v) is 6.55. The molecule has 1 aliphatic heterocycles. The minimum atomic E-state index is -0.197. The van der Waals surface area contributed by atoms with Crippen molar-refractivity contribution in [1.29, 1.82) is 0 Å². The third-order valence-corrected chi connectivity index (χ3v) is 3.22. The number of phenolic OH excluding ortho intramolecular Hbond substituents is 1. The number of nitrogens with one attached hydrogen (secondary N) is 1.